The molecule has 29 nitrogen and oxygen atoms in total. The van der Waals surface area contributed by atoms with E-state index in [1.807, 2.05) is 0 Å². The number of carboxylic acids is 1. The van der Waals surface area contributed by atoms with Crippen molar-refractivity contribution in [2.45, 2.75) is 96.9 Å². The van der Waals surface area contributed by atoms with Crippen LogP contribution < -0.4 is 58.6 Å². The van der Waals surface area contributed by atoms with Crippen molar-refractivity contribution in [2.75, 3.05) is 16.0 Å². The van der Waals surface area contributed by atoms with Crippen LogP contribution in [-0.4, -0.2) is 82.5 Å². The fourth-order valence-corrected chi connectivity index (χ4v) is 19.1. The number of ether oxygens (including phenoxy) is 12. The van der Waals surface area contributed by atoms with Crippen molar-refractivity contribution in [1.29, 1.82) is 0 Å². The molecule has 0 radical (unpaired) electrons. The number of carboxylic acid groups (broad SMARTS) is 1. The quantitative estimate of drug-likeness (QED) is 0.0473. The van der Waals surface area contributed by atoms with Crippen LogP contribution in [0.15, 0.2) is 164 Å². The van der Waals surface area contributed by atoms with E-state index in [0.29, 0.717) is 33.4 Å². The van der Waals surface area contributed by atoms with Crippen LogP contribution in [0, 0.1) is 21.7 Å². The highest BCUT2D eigenvalue weighted by Gasteiger charge is 2.76. The molecule has 576 valence electrons. The lowest BCUT2D eigenvalue weighted by Gasteiger charge is -2.67. The third-order valence-corrected chi connectivity index (χ3v) is 22.6. The Bertz CT molecular complexity index is 5300. The molecule has 0 unspecified atom stereocenters. The van der Waals surface area contributed by atoms with Crippen LogP contribution in [0.3, 0.4) is 0 Å². The van der Waals surface area contributed by atoms with Gasteiger partial charge >= 0.3 is 59.7 Å². The number of aliphatic carboxylic acids is 1. The first-order valence-electron chi connectivity index (χ1n) is 36.2. The maximum absolute atomic E-state index is 16.2. The third kappa shape index (κ3) is 11.1. The fraction of sp³-hybridized carbons (Fsp3) is 0.221. The van der Waals surface area contributed by atoms with Gasteiger partial charge < -0.3 is 77.9 Å². The van der Waals surface area contributed by atoms with E-state index in [0.717, 1.165) is 0 Å². The molecule has 4 N–H and O–H groups in total. The summed E-state index contributed by atoms with van der Waals surface area (Å²) in [4.78, 5) is 180. The van der Waals surface area contributed by atoms with E-state index in [1.165, 1.54) is 151 Å². The molecule has 3 amide bonds. The van der Waals surface area contributed by atoms with Crippen LogP contribution in [0.5, 0.6) is 69.0 Å². The third-order valence-electron chi connectivity index (χ3n) is 22.6. The molecular formula is C86H61N3O26. The summed E-state index contributed by atoms with van der Waals surface area (Å²) in [6.45, 7) is 7.27. The van der Waals surface area contributed by atoms with Crippen LogP contribution in [0.1, 0.15) is 161 Å². The van der Waals surface area contributed by atoms with Gasteiger partial charge in [0.1, 0.15) is 69.0 Å². The van der Waals surface area contributed by atoms with E-state index in [1.54, 1.807) is 54.6 Å². The van der Waals surface area contributed by atoms with Gasteiger partial charge in [-0.15, -0.1) is 0 Å². The summed E-state index contributed by atoms with van der Waals surface area (Å²) < 4.78 is 70.8. The Kier molecular flexibility index (Phi) is 15.8. The van der Waals surface area contributed by atoms with Crippen molar-refractivity contribution >= 4 is 94.5 Å². The van der Waals surface area contributed by atoms with Crippen LogP contribution in [-0.2, 0) is 79.0 Å². The van der Waals surface area contributed by atoms with Crippen molar-refractivity contribution in [3.05, 3.63) is 231 Å². The molecular weight excluding hydrogens is 1490 g/mol. The molecule has 3 spiro atoms. The number of fused-ring (bicyclic) bond motifs is 18. The number of carbonyl (C=O) groups excluding carboxylic acids is 12. The molecule has 4 saturated carbocycles. The standard InChI is InChI=1S/C86H61N3O26/c1-40(90)104-49-10-19-61-67(28-49)110-68-29-50(105-41(2)91)11-20-62(68)84(61)58-16-7-46(25-55(58)73(96)113-84)87-76(99)80-34-81(77(100)88-47-8-17-59-56(26-47)74(97)114-85(59)63-21-12-51(106-42(3)92)30-69(63)111-70-31-52(107-43(4)93)13-22-64(70)85)36-82(35-80,39-83(37-80,38-81)79(102)103)78(101)89-48-9-18-60-57(27-48)75(98)115-86(60)65-23-14-53(108-44(5)94)32-71(65)112-72-33-54(109-45(6)95)15-24-66(72)86/h7-33H,34-39H2,1-6H3,(H,87,99)(H,88,100)(H,89,101)(H,102,103). The number of rotatable bonds is 13. The van der Waals surface area contributed by atoms with Crippen LogP contribution in [0.4, 0.5) is 17.1 Å². The van der Waals surface area contributed by atoms with Gasteiger partial charge in [-0.3, -0.25) is 47.9 Å². The molecule has 4 fully saturated rings. The van der Waals surface area contributed by atoms with E-state index in [9.17, 15) is 53.1 Å². The number of esters is 9. The molecule has 6 aliphatic heterocycles. The number of anilines is 3. The lowest BCUT2D eigenvalue weighted by atomic mass is 9.34. The van der Waals surface area contributed by atoms with Gasteiger partial charge in [0.2, 0.25) is 17.7 Å². The molecule has 19 rings (SSSR count). The zero-order chi connectivity index (χ0) is 80.5. The molecule has 4 aliphatic carbocycles. The Hall–Kier alpha value is -14.5. The molecule has 6 heterocycles. The highest BCUT2D eigenvalue weighted by Crippen LogP contribution is 2.75. The predicted molar refractivity (Wildman–Crippen MR) is 393 cm³/mol. The second-order valence-electron chi connectivity index (χ2n) is 30.2. The van der Waals surface area contributed by atoms with Crippen LogP contribution in [0.2, 0.25) is 0 Å². The first kappa shape index (κ1) is 72.1. The van der Waals surface area contributed by atoms with Gasteiger partial charge in [0.25, 0.3) is 0 Å². The molecule has 29 heteroatoms. The first-order valence-corrected chi connectivity index (χ1v) is 36.2. The summed E-state index contributed by atoms with van der Waals surface area (Å²) in [7, 11) is 0. The van der Waals surface area contributed by atoms with E-state index >= 15 is 14.4 Å². The molecule has 0 saturated heterocycles. The average molecular weight is 1550 g/mol. The monoisotopic (exact) mass is 1550 g/mol. The topological polar surface area (TPSA) is 389 Å². The van der Waals surface area contributed by atoms with Gasteiger partial charge in [-0.25, -0.2) is 14.4 Å². The molecule has 0 atom stereocenters. The normalized spacial score (nSPS) is 20.9. The van der Waals surface area contributed by atoms with Gasteiger partial charge in [0.15, 0.2) is 16.8 Å². The number of hydrogen-bond donors (Lipinski definition) is 4. The summed E-state index contributed by atoms with van der Waals surface area (Å²) in [5.74, 6) is -9.20. The summed E-state index contributed by atoms with van der Waals surface area (Å²) in [6.07, 6.45) is -2.24. The van der Waals surface area contributed by atoms with Crippen molar-refractivity contribution in [1.82, 2.24) is 0 Å². The summed E-state index contributed by atoms with van der Waals surface area (Å²) in [5.41, 5.74) is -10.6. The zero-order valence-corrected chi connectivity index (χ0v) is 61.5. The van der Waals surface area contributed by atoms with Gasteiger partial charge in [-0.1, -0.05) is 18.2 Å². The Balaban J connectivity index is 0.725. The average Bonchev–Trinajstić information content (AvgIpc) is 1.48. The highest BCUT2D eigenvalue weighted by atomic mass is 16.6. The van der Waals surface area contributed by atoms with E-state index < -0.39 is 135 Å². The smallest absolute Gasteiger partial charge is 0.340 e. The van der Waals surface area contributed by atoms with Crippen molar-refractivity contribution in [2.24, 2.45) is 21.7 Å². The van der Waals surface area contributed by atoms with Crippen molar-refractivity contribution in [3.8, 4) is 69.0 Å². The first-order chi connectivity index (χ1) is 54.8. The number of amides is 3. The minimum atomic E-state index is -2.01. The predicted octanol–water partition coefficient (Wildman–Crippen LogP) is 12.6. The molecule has 4 bridgehead atoms. The molecule has 10 aliphatic rings. The maximum atomic E-state index is 16.2. The number of carbonyl (C=O) groups is 13. The number of nitrogens with one attached hydrogen (secondary N) is 3. The largest absolute Gasteiger partial charge is 0.481 e. The summed E-state index contributed by atoms with van der Waals surface area (Å²) >= 11 is 0. The van der Waals surface area contributed by atoms with Gasteiger partial charge in [0, 0.05) is 145 Å². The van der Waals surface area contributed by atoms with E-state index in [2.05, 4.69) is 16.0 Å². The molecule has 9 aromatic rings. The Morgan fingerprint density at radius 1 is 0.287 bits per heavy atom. The Labute approximate surface area is 649 Å². The zero-order valence-electron chi connectivity index (χ0n) is 61.5. The minimum Gasteiger partial charge on any atom is -0.481 e. The molecule has 115 heavy (non-hydrogen) atoms. The fourth-order valence-electron chi connectivity index (χ4n) is 19.1. The summed E-state index contributed by atoms with van der Waals surface area (Å²) in [5, 5.41) is 20.7. The van der Waals surface area contributed by atoms with Crippen molar-refractivity contribution in [3.63, 3.8) is 0 Å². The second kappa shape index (κ2) is 25.3. The van der Waals surface area contributed by atoms with Gasteiger partial charge in [-0.2, -0.15) is 0 Å². The maximum Gasteiger partial charge on any atom is 0.340 e. The highest BCUT2D eigenvalue weighted by molar-refractivity contribution is 6.08. The Morgan fingerprint density at radius 3 is 0.687 bits per heavy atom. The van der Waals surface area contributed by atoms with Gasteiger partial charge in [-0.05, 0) is 148 Å². The van der Waals surface area contributed by atoms with Gasteiger partial charge in [0.05, 0.1) is 38.4 Å². The van der Waals surface area contributed by atoms with Crippen LogP contribution in [0.25, 0.3) is 0 Å². The Morgan fingerprint density at radius 2 is 0.487 bits per heavy atom. The van der Waals surface area contributed by atoms with E-state index in [-0.39, 0.29) is 139 Å². The lowest BCUT2D eigenvalue weighted by molar-refractivity contribution is -0.210. The molecule has 9 aromatic carbocycles. The second-order valence-corrected chi connectivity index (χ2v) is 30.2. The van der Waals surface area contributed by atoms with Crippen LogP contribution >= 0.6 is 0 Å². The van der Waals surface area contributed by atoms with E-state index in [4.69, 9.17) is 56.8 Å². The molecule has 0 aromatic heterocycles. The summed E-state index contributed by atoms with van der Waals surface area (Å²) in [6, 6.07) is 40.1. The minimum absolute atomic E-state index is 0.0114. The number of benzene rings is 9. The van der Waals surface area contributed by atoms with Crippen molar-refractivity contribution < 1.29 is 124 Å². The number of hydrogen-bond acceptors (Lipinski definition) is 25. The lowest BCUT2D eigenvalue weighted by Crippen LogP contribution is -2.70. The SMILES string of the molecule is CC(=O)Oc1ccc2c(c1)Oc1cc(OC(C)=O)ccc1C21OC(=O)c2cc(NC(=O)C34CC5(C(=O)O)CC(C(=O)Nc6ccc7c(c6)C(=O)OC76c7ccc(OC(C)=O)cc7Oc7cc(OC(C)=O)ccc76)(C3)CC(C(=O)Nc3ccc6c(c3)C(=O)OC63c6ccc(OC(C)=O)cc6Oc6cc(OC(C)=O)ccc63)(C5)C4)ccc21.